The van der Waals surface area contributed by atoms with Crippen LogP contribution in [0.1, 0.15) is 16.7 Å². The molecule has 0 bridgehead atoms. The third-order valence-corrected chi connectivity index (χ3v) is 3.24. The molecule has 0 radical (unpaired) electrons. The van der Waals surface area contributed by atoms with Gasteiger partial charge in [-0.2, -0.15) is 12.6 Å². The average Bonchev–Trinajstić information content (AvgIpc) is 2.06. The molecule has 0 atom stereocenters. The monoisotopic (exact) mass is 194 g/mol. The molecule has 1 saturated heterocycles. The fourth-order valence-corrected chi connectivity index (χ4v) is 1.81. The summed E-state index contributed by atoms with van der Waals surface area (Å²) in [5.41, 5.74) is 3.95. The Kier molecular flexibility index (Phi) is 2.12. The van der Waals surface area contributed by atoms with Crippen molar-refractivity contribution < 1.29 is 4.74 Å². The molecule has 0 amide bonds. The van der Waals surface area contributed by atoms with Crippen molar-refractivity contribution in [1.29, 1.82) is 0 Å². The predicted molar refractivity (Wildman–Crippen MR) is 57.4 cm³/mol. The molecule has 2 rings (SSSR count). The molecule has 1 nitrogen and oxygen atoms in total. The maximum atomic E-state index is 5.19. The highest BCUT2D eigenvalue weighted by atomic mass is 32.1. The zero-order valence-corrected chi connectivity index (χ0v) is 8.90. The molecule has 13 heavy (non-hydrogen) atoms. The third-order valence-electron chi connectivity index (χ3n) is 2.73. The van der Waals surface area contributed by atoms with Crippen molar-refractivity contribution in [2.45, 2.75) is 18.6 Å². The van der Waals surface area contributed by atoms with E-state index in [0.717, 1.165) is 13.2 Å². The molecule has 2 heteroatoms. The molecule has 0 aromatic heterocycles. The van der Waals surface area contributed by atoms with E-state index in [4.69, 9.17) is 4.74 Å². The maximum Gasteiger partial charge on any atom is 0.0844 e. The molecule has 1 heterocycles. The van der Waals surface area contributed by atoms with E-state index in [1.54, 1.807) is 0 Å². The minimum Gasteiger partial charge on any atom is -0.378 e. The number of benzene rings is 1. The predicted octanol–water partition coefficient (Wildman–Crippen LogP) is 2.46. The highest BCUT2D eigenvalue weighted by molar-refractivity contribution is 7.81. The van der Waals surface area contributed by atoms with Gasteiger partial charge in [0.2, 0.25) is 0 Å². The molecule has 70 valence electrons. The zero-order valence-electron chi connectivity index (χ0n) is 8.00. The summed E-state index contributed by atoms with van der Waals surface area (Å²) in [6.45, 7) is 5.73. The fraction of sp³-hybridized carbons (Fsp3) is 0.455. The molecule has 1 aliphatic rings. The van der Waals surface area contributed by atoms with Gasteiger partial charge < -0.3 is 4.74 Å². The molecular formula is C11H14OS. The van der Waals surface area contributed by atoms with Crippen LogP contribution in [0, 0.1) is 13.8 Å². The number of rotatable bonds is 1. The first-order chi connectivity index (χ1) is 6.12. The van der Waals surface area contributed by atoms with E-state index in [0.29, 0.717) is 0 Å². The fourth-order valence-electron chi connectivity index (χ4n) is 1.49. The largest absolute Gasteiger partial charge is 0.378 e. The van der Waals surface area contributed by atoms with Gasteiger partial charge in [-0.15, -0.1) is 0 Å². The smallest absolute Gasteiger partial charge is 0.0844 e. The Hall–Kier alpha value is -0.470. The van der Waals surface area contributed by atoms with Gasteiger partial charge in [-0.25, -0.2) is 0 Å². The Labute approximate surface area is 84.5 Å². The van der Waals surface area contributed by atoms with Gasteiger partial charge in [0.25, 0.3) is 0 Å². The van der Waals surface area contributed by atoms with Crippen LogP contribution in [0.4, 0.5) is 0 Å². The van der Waals surface area contributed by atoms with Crippen molar-refractivity contribution in [1.82, 2.24) is 0 Å². The van der Waals surface area contributed by atoms with Gasteiger partial charge in [0.1, 0.15) is 0 Å². The first-order valence-corrected chi connectivity index (χ1v) is 4.94. The van der Waals surface area contributed by atoms with Crippen molar-refractivity contribution in [2.75, 3.05) is 13.2 Å². The Balaban J connectivity index is 2.36. The Bertz CT molecular complexity index is 329. The van der Waals surface area contributed by atoms with E-state index in [2.05, 4.69) is 44.7 Å². The Morgan fingerprint density at radius 2 is 1.92 bits per heavy atom. The summed E-state index contributed by atoms with van der Waals surface area (Å²) in [6, 6.07) is 6.52. The highest BCUT2D eigenvalue weighted by Crippen LogP contribution is 2.36. The highest BCUT2D eigenvalue weighted by Gasteiger charge is 2.36. The zero-order chi connectivity index (χ0) is 9.47. The summed E-state index contributed by atoms with van der Waals surface area (Å²) in [7, 11) is 0. The molecule has 0 N–H and O–H groups in total. The van der Waals surface area contributed by atoms with E-state index in [1.807, 2.05) is 0 Å². The molecule has 0 aliphatic carbocycles. The standard InChI is InChI=1S/C11H14OS/c1-8-3-4-10(5-9(8)2)11(13)6-12-7-11/h3-5,13H,6-7H2,1-2H3. The van der Waals surface area contributed by atoms with E-state index < -0.39 is 0 Å². The number of hydrogen-bond donors (Lipinski definition) is 1. The molecule has 0 unspecified atom stereocenters. The van der Waals surface area contributed by atoms with Crippen molar-refractivity contribution in [3.05, 3.63) is 34.9 Å². The van der Waals surface area contributed by atoms with Crippen LogP contribution in [0.25, 0.3) is 0 Å². The average molecular weight is 194 g/mol. The van der Waals surface area contributed by atoms with Gasteiger partial charge in [0, 0.05) is 0 Å². The molecule has 1 aromatic carbocycles. The van der Waals surface area contributed by atoms with Crippen LogP contribution in [0.15, 0.2) is 18.2 Å². The lowest BCUT2D eigenvalue weighted by Crippen LogP contribution is -2.41. The molecule has 0 saturated carbocycles. The molecule has 1 fully saturated rings. The van der Waals surface area contributed by atoms with E-state index >= 15 is 0 Å². The first kappa shape index (κ1) is 9.10. The minimum atomic E-state index is -0.0293. The number of aryl methyl sites for hydroxylation is 2. The SMILES string of the molecule is Cc1ccc(C2(S)COC2)cc1C. The second kappa shape index (κ2) is 3.03. The summed E-state index contributed by atoms with van der Waals surface area (Å²) in [5.74, 6) is 0. The van der Waals surface area contributed by atoms with E-state index in [1.165, 1.54) is 16.7 Å². The van der Waals surface area contributed by atoms with Crippen LogP contribution in [-0.2, 0) is 9.48 Å². The number of thiol groups is 1. The molecule has 0 spiro atoms. The minimum absolute atomic E-state index is 0.0293. The Morgan fingerprint density at radius 3 is 2.38 bits per heavy atom. The molecule has 1 aromatic rings. The first-order valence-electron chi connectivity index (χ1n) is 4.50. The van der Waals surface area contributed by atoms with Crippen molar-refractivity contribution >= 4 is 12.6 Å². The lowest BCUT2D eigenvalue weighted by atomic mass is 9.93. The van der Waals surface area contributed by atoms with Crippen LogP contribution in [0.5, 0.6) is 0 Å². The summed E-state index contributed by atoms with van der Waals surface area (Å²) in [6.07, 6.45) is 0. The van der Waals surface area contributed by atoms with Gasteiger partial charge in [0.15, 0.2) is 0 Å². The molecular weight excluding hydrogens is 180 g/mol. The van der Waals surface area contributed by atoms with Gasteiger partial charge in [-0.1, -0.05) is 18.2 Å². The van der Waals surface area contributed by atoms with Crippen LogP contribution in [0.2, 0.25) is 0 Å². The van der Waals surface area contributed by atoms with Crippen molar-refractivity contribution in [3.8, 4) is 0 Å². The topological polar surface area (TPSA) is 9.23 Å². The third kappa shape index (κ3) is 1.49. The summed E-state index contributed by atoms with van der Waals surface area (Å²) in [5, 5.41) is 0. The van der Waals surface area contributed by atoms with Crippen molar-refractivity contribution in [2.24, 2.45) is 0 Å². The van der Waals surface area contributed by atoms with Gasteiger partial charge in [-0.05, 0) is 30.5 Å². The van der Waals surface area contributed by atoms with Crippen LogP contribution >= 0.6 is 12.6 Å². The lowest BCUT2D eigenvalue weighted by molar-refractivity contribution is -0.00971. The normalized spacial score (nSPS) is 19.6. The van der Waals surface area contributed by atoms with E-state index in [-0.39, 0.29) is 4.75 Å². The maximum absolute atomic E-state index is 5.19. The van der Waals surface area contributed by atoms with Crippen LogP contribution in [-0.4, -0.2) is 13.2 Å². The second-order valence-corrected chi connectivity index (χ2v) is 4.68. The number of ether oxygens (including phenoxy) is 1. The van der Waals surface area contributed by atoms with Crippen molar-refractivity contribution in [3.63, 3.8) is 0 Å². The Morgan fingerprint density at radius 1 is 1.23 bits per heavy atom. The summed E-state index contributed by atoms with van der Waals surface area (Å²) in [4.78, 5) is 0. The molecule has 1 aliphatic heterocycles. The second-order valence-electron chi connectivity index (χ2n) is 3.82. The summed E-state index contributed by atoms with van der Waals surface area (Å²) >= 11 is 4.62. The van der Waals surface area contributed by atoms with Crippen LogP contribution < -0.4 is 0 Å². The quantitative estimate of drug-likeness (QED) is 0.676. The number of hydrogen-bond acceptors (Lipinski definition) is 2. The van der Waals surface area contributed by atoms with E-state index in [9.17, 15) is 0 Å². The summed E-state index contributed by atoms with van der Waals surface area (Å²) < 4.78 is 5.16. The van der Waals surface area contributed by atoms with Crippen LogP contribution in [0.3, 0.4) is 0 Å². The lowest BCUT2D eigenvalue weighted by Gasteiger charge is -2.37. The van der Waals surface area contributed by atoms with Gasteiger partial charge in [-0.3, -0.25) is 0 Å². The van der Waals surface area contributed by atoms with Gasteiger partial charge >= 0.3 is 0 Å². The van der Waals surface area contributed by atoms with Gasteiger partial charge in [0.05, 0.1) is 18.0 Å².